The van der Waals surface area contributed by atoms with Gasteiger partial charge in [-0.25, -0.2) is 0 Å². The van der Waals surface area contributed by atoms with Gasteiger partial charge in [-0.15, -0.1) is 0 Å². The predicted octanol–water partition coefficient (Wildman–Crippen LogP) is 3.88. The number of Topliss-reactive ketones (excluding diaryl/α,β-unsaturated/α-hetero) is 1. The van der Waals surface area contributed by atoms with Gasteiger partial charge in [0.05, 0.1) is 23.9 Å². The average Bonchev–Trinajstić information content (AvgIpc) is 3.04. The molecule has 6 nitrogen and oxygen atoms in total. The number of phenols is 1. The summed E-state index contributed by atoms with van der Waals surface area (Å²) in [6.07, 6.45) is 2.28. The van der Waals surface area contributed by atoms with E-state index in [1.54, 1.807) is 30.5 Å². The highest BCUT2D eigenvalue weighted by Crippen LogP contribution is 2.40. The number of aromatic nitrogens is 1. The maximum Gasteiger partial charge on any atom is 0.290 e. The van der Waals surface area contributed by atoms with Crippen LogP contribution in [0.15, 0.2) is 90.3 Å². The third kappa shape index (κ3) is 4.33. The fourth-order valence-corrected chi connectivity index (χ4v) is 3.85. The van der Waals surface area contributed by atoms with E-state index < -0.39 is 17.7 Å². The van der Waals surface area contributed by atoms with Gasteiger partial charge in [0.2, 0.25) is 0 Å². The number of nitrogens with zero attached hydrogens (tertiary/aromatic N) is 2. The molecular formula is C25H22N2O4. The van der Waals surface area contributed by atoms with Gasteiger partial charge in [0.25, 0.3) is 5.91 Å². The van der Waals surface area contributed by atoms with E-state index in [9.17, 15) is 19.8 Å². The van der Waals surface area contributed by atoms with Crippen LogP contribution in [0, 0.1) is 0 Å². The molecule has 3 aromatic rings. The molecule has 1 aliphatic rings. The summed E-state index contributed by atoms with van der Waals surface area (Å²) in [5.74, 6) is -1.44. The Morgan fingerprint density at radius 3 is 2.45 bits per heavy atom. The molecule has 0 spiro atoms. The average molecular weight is 414 g/mol. The molecule has 31 heavy (non-hydrogen) atoms. The number of amides is 1. The van der Waals surface area contributed by atoms with Crippen molar-refractivity contribution in [3.63, 3.8) is 0 Å². The van der Waals surface area contributed by atoms with Crippen LogP contribution in [-0.2, 0) is 22.6 Å². The summed E-state index contributed by atoms with van der Waals surface area (Å²) in [5, 5.41) is 20.6. The number of ketones is 1. The smallest absolute Gasteiger partial charge is 0.290 e. The van der Waals surface area contributed by atoms with E-state index in [0.29, 0.717) is 17.7 Å². The van der Waals surface area contributed by atoms with Crippen LogP contribution in [0.2, 0.25) is 0 Å². The van der Waals surface area contributed by atoms with E-state index in [1.807, 2.05) is 36.4 Å². The SMILES string of the molecule is O=C(CCc1ccccc1)C1=C(O)C(=O)N(Cc2ccccn2)C1c1cccc(O)c1. The molecule has 1 atom stereocenters. The molecule has 0 aliphatic carbocycles. The van der Waals surface area contributed by atoms with E-state index in [4.69, 9.17) is 0 Å². The van der Waals surface area contributed by atoms with Crippen LogP contribution in [0.4, 0.5) is 0 Å². The second-order valence-corrected chi connectivity index (χ2v) is 7.42. The molecule has 0 fully saturated rings. The molecule has 0 saturated carbocycles. The fraction of sp³-hybridized carbons (Fsp3) is 0.160. The van der Waals surface area contributed by atoms with Gasteiger partial charge in [0.1, 0.15) is 5.75 Å². The van der Waals surface area contributed by atoms with E-state index in [0.717, 1.165) is 5.56 Å². The zero-order valence-corrected chi connectivity index (χ0v) is 16.8. The first kappa shape index (κ1) is 20.3. The number of aliphatic hydroxyl groups excluding tert-OH is 1. The topological polar surface area (TPSA) is 90.7 Å². The molecule has 1 unspecified atom stereocenters. The van der Waals surface area contributed by atoms with Crippen LogP contribution < -0.4 is 0 Å². The highest BCUT2D eigenvalue weighted by atomic mass is 16.3. The van der Waals surface area contributed by atoms with Crippen molar-refractivity contribution >= 4 is 11.7 Å². The quantitative estimate of drug-likeness (QED) is 0.612. The van der Waals surface area contributed by atoms with Crippen molar-refractivity contribution in [2.24, 2.45) is 0 Å². The van der Waals surface area contributed by atoms with Gasteiger partial charge in [0, 0.05) is 12.6 Å². The molecule has 2 N–H and O–H groups in total. The number of benzene rings is 2. The maximum absolute atomic E-state index is 13.2. The summed E-state index contributed by atoms with van der Waals surface area (Å²) < 4.78 is 0. The fourth-order valence-electron chi connectivity index (χ4n) is 3.85. The van der Waals surface area contributed by atoms with Crippen LogP contribution in [-0.4, -0.2) is 31.8 Å². The van der Waals surface area contributed by atoms with Crippen LogP contribution in [0.3, 0.4) is 0 Å². The number of hydrogen-bond acceptors (Lipinski definition) is 5. The van der Waals surface area contributed by atoms with Gasteiger partial charge < -0.3 is 15.1 Å². The Balaban J connectivity index is 1.67. The highest BCUT2D eigenvalue weighted by Gasteiger charge is 2.43. The predicted molar refractivity (Wildman–Crippen MR) is 115 cm³/mol. The minimum Gasteiger partial charge on any atom is -0.508 e. The van der Waals surface area contributed by atoms with Crippen molar-refractivity contribution in [2.45, 2.75) is 25.4 Å². The van der Waals surface area contributed by atoms with Gasteiger partial charge in [-0.05, 0) is 41.8 Å². The third-order valence-corrected chi connectivity index (χ3v) is 5.33. The van der Waals surface area contributed by atoms with Crippen molar-refractivity contribution < 1.29 is 19.8 Å². The summed E-state index contributed by atoms with van der Waals surface area (Å²) in [6.45, 7) is 0.125. The Kier molecular flexibility index (Phi) is 5.80. The first-order chi connectivity index (χ1) is 15.0. The molecule has 2 heterocycles. The van der Waals surface area contributed by atoms with E-state index >= 15 is 0 Å². The highest BCUT2D eigenvalue weighted by molar-refractivity contribution is 6.09. The van der Waals surface area contributed by atoms with Gasteiger partial charge in [-0.2, -0.15) is 0 Å². The number of aromatic hydroxyl groups is 1. The Hall–Kier alpha value is -3.93. The summed E-state index contributed by atoms with van der Waals surface area (Å²) in [6, 6.07) is 20.5. The Morgan fingerprint density at radius 1 is 0.968 bits per heavy atom. The molecule has 156 valence electrons. The lowest BCUT2D eigenvalue weighted by molar-refractivity contribution is -0.130. The molecule has 1 aliphatic heterocycles. The number of phenolic OH excluding ortho intramolecular Hbond substituents is 1. The van der Waals surface area contributed by atoms with Gasteiger partial charge in [-0.3, -0.25) is 14.6 Å². The molecule has 6 heteroatoms. The van der Waals surface area contributed by atoms with E-state index in [2.05, 4.69) is 4.98 Å². The van der Waals surface area contributed by atoms with Crippen molar-refractivity contribution in [3.8, 4) is 5.75 Å². The van der Waals surface area contributed by atoms with Gasteiger partial charge in [0.15, 0.2) is 11.5 Å². The molecule has 0 saturated heterocycles. The Bertz CT molecular complexity index is 1130. The number of rotatable bonds is 7. The lowest BCUT2D eigenvalue weighted by Gasteiger charge is -2.26. The van der Waals surface area contributed by atoms with Crippen LogP contribution in [0.25, 0.3) is 0 Å². The largest absolute Gasteiger partial charge is 0.508 e. The second-order valence-electron chi connectivity index (χ2n) is 7.42. The van der Waals surface area contributed by atoms with E-state index in [-0.39, 0.29) is 30.1 Å². The lowest BCUT2D eigenvalue weighted by atomic mass is 9.93. The number of carbonyl (C=O) groups is 2. The Morgan fingerprint density at radius 2 is 1.74 bits per heavy atom. The zero-order valence-electron chi connectivity index (χ0n) is 16.8. The lowest BCUT2D eigenvalue weighted by Crippen LogP contribution is -2.31. The molecule has 2 aromatic carbocycles. The molecule has 0 bridgehead atoms. The van der Waals surface area contributed by atoms with E-state index in [1.165, 1.54) is 17.0 Å². The first-order valence-corrected chi connectivity index (χ1v) is 10.0. The number of aryl methyl sites for hydroxylation is 1. The van der Waals surface area contributed by atoms with Crippen LogP contribution in [0.1, 0.15) is 29.3 Å². The van der Waals surface area contributed by atoms with Crippen molar-refractivity contribution in [2.75, 3.05) is 0 Å². The standard InChI is InChI=1S/C25H22N2O4/c28-20-11-6-9-18(15-20)23-22(21(29)13-12-17-7-2-1-3-8-17)24(30)25(31)27(23)16-19-10-4-5-14-26-19/h1-11,14-15,23,28,30H,12-13,16H2. The van der Waals surface area contributed by atoms with Crippen LogP contribution >= 0.6 is 0 Å². The summed E-state index contributed by atoms with van der Waals surface area (Å²) >= 11 is 0. The zero-order chi connectivity index (χ0) is 21.8. The number of carbonyl (C=O) groups excluding carboxylic acids is 2. The molecule has 1 amide bonds. The summed E-state index contributed by atoms with van der Waals surface area (Å²) in [4.78, 5) is 31.8. The Labute approximate surface area is 180 Å². The normalized spacial score (nSPS) is 16.1. The third-order valence-electron chi connectivity index (χ3n) is 5.33. The van der Waals surface area contributed by atoms with Crippen molar-refractivity contribution in [1.82, 2.24) is 9.88 Å². The number of pyridine rings is 1. The molecular weight excluding hydrogens is 392 g/mol. The summed E-state index contributed by atoms with van der Waals surface area (Å²) in [7, 11) is 0. The number of aliphatic hydroxyl groups is 1. The summed E-state index contributed by atoms with van der Waals surface area (Å²) in [5.41, 5.74) is 2.24. The molecule has 4 rings (SSSR count). The van der Waals surface area contributed by atoms with Gasteiger partial charge in [-0.1, -0.05) is 48.5 Å². The minimum absolute atomic E-state index is 0.0187. The molecule has 1 aromatic heterocycles. The van der Waals surface area contributed by atoms with Crippen molar-refractivity contribution in [1.29, 1.82) is 0 Å². The first-order valence-electron chi connectivity index (χ1n) is 10.0. The van der Waals surface area contributed by atoms with Crippen molar-refractivity contribution in [3.05, 3.63) is 107 Å². The monoisotopic (exact) mass is 414 g/mol. The van der Waals surface area contributed by atoms with Crippen LogP contribution in [0.5, 0.6) is 5.75 Å². The van der Waals surface area contributed by atoms with Gasteiger partial charge >= 0.3 is 0 Å². The molecule has 0 radical (unpaired) electrons. The second kappa shape index (κ2) is 8.83. The minimum atomic E-state index is -0.801. The maximum atomic E-state index is 13.2. The number of hydrogen-bond donors (Lipinski definition) is 2.